The average molecular weight is 214 g/mol. The summed E-state index contributed by atoms with van der Waals surface area (Å²) in [7, 11) is 0. The predicted octanol–water partition coefficient (Wildman–Crippen LogP) is 1.37. The molecular weight excluding hydrogens is 202 g/mol. The van der Waals surface area contributed by atoms with E-state index >= 15 is 0 Å². The first-order chi connectivity index (χ1) is 6.65. The van der Waals surface area contributed by atoms with Gasteiger partial charge in [0.2, 0.25) is 0 Å². The molecule has 2 N–H and O–H groups in total. The number of aliphatic hydroxyl groups is 1. The summed E-state index contributed by atoms with van der Waals surface area (Å²) in [5, 5.41) is 11.7. The van der Waals surface area contributed by atoms with Crippen LogP contribution in [0, 0.1) is 6.92 Å². The van der Waals surface area contributed by atoms with Crippen LogP contribution in [-0.4, -0.2) is 24.2 Å². The van der Waals surface area contributed by atoms with Gasteiger partial charge in [-0.1, -0.05) is 11.6 Å². The fraction of sp³-hybridized carbons (Fsp3) is 0.300. The van der Waals surface area contributed by atoms with Crippen LogP contribution in [0.15, 0.2) is 18.2 Å². The summed E-state index contributed by atoms with van der Waals surface area (Å²) in [5.74, 6) is -0.187. The highest BCUT2D eigenvalue weighted by atomic mass is 35.5. The molecule has 0 aliphatic rings. The number of halogens is 1. The second-order valence-electron chi connectivity index (χ2n) is 2.94. The van der Waals surface area contributed by atoms with Crippen LogP contribution in [-0.2, 0) is 0 Å². The van der Waals surface area contributed by atoms with Crippen LogP contribution >= 0.6 is 11.6 Å². The van der Waals surface area contributed by atoms with Gasteiger partial charge in [-0.3, -0.25) is 4.79 Å². The lowest BCUT2D eigenvalue weighted by atomic mass is 10.1. The summed E-state index contributed by atoms with van der Waals surface area (Å²) in [6.07, 6.45) is 0. The molecule has 0 bridgehead atoms. The van der Waals surface area contributed by atoms with E-state index < -0.39 is 0 Å². The zero-order chi connectivity index (χ0) is 10.6. The smallest absolute Gasteiger partial charge is 0.251 e. The van der Waals surface area contributed by atoms with Crippen molar-refractivity contribution in [2.24, 2.45) is 0 Å². The molecule has 0 radical (unpaired) electrons. The van der Waals surface area contributed by atoms with Gasteiger partial charge in [-0.15, -0.1) is 0 Å². The molecule has 0 atom stereocenters. The third kappa shape index (κ3) is 2.72. The maximum atomic E-state index is 11.5. The van der Waals surface area contributed by atoms with Crippen molar-refractivity contribution in [1.29, 1.82) is 0 Å². The van der Waals surface area contributed by atoms with E-state index in [-0.39, 0.29) is 19.1 Å². The fourth-order valence-electron chi connectivity index (χ4n) is 1.15. The third-order valence-corrected chi connectivity index (χ3v) is 2.07. The van der Waals surface area contributed by atoms with Crippen LogP contribution in [0.4, 0.5) is 0 Å². The van der Waals surface area contributed by atoms with Gasteiger partial charge in [0.05, 0.1) is 6.61 Å². The molecule has 1 rings (SSSR count). The minimum atomic E-state index is -0.187. The molecule has 0 aliphatic heterocycles. The molecule has 0 saturated carbocycles. The van der Waals surface area contributed by atoms with Crippen molar-refractivity contribution in [2.75, 3.05) is 13.2 Å². The van der Waals surface area contributed by atoms with Gasteiger partial charge in [0.1, 0.15) is 0 Å². The summed E-state index contributed by atoms with van der Waals surface area (Å²) in [6, 6.07) is 5.07. The van der Waals surface area contributed by atoms with E-state index in [0.29, 0.717) is 10.6 Å². The highest BCUT2D eigenvalue weighted by Gasteiger charge is 2.07. The number of carbonyl (C=O) groups is 1. The number of aliphatic hydroxyl groups excluding tert-OH is 1. The zero-order valence-corrected chi connectivity index (χ0v) is 8.64. The van der Waals surface area contributed by atoms with Crippen LogP contribution in [0.25, 0.3) is 0 Å². The van der Waals surface area contributed by atoms with E-state index in [9.17, 15) is 4.79 Å². The maximum Gasteiger partial charge on any atom is 0.251 e. The van der Waals surface area contributed by atoms with Gasteiger partial charge in [-0.05, 0) is 30.7 Å². The SMILES string of the molecule is Cc1cc(Cl)ccc1C(=O)NCCO. The van der Waals surface area contributed by atoms with Crippen LogP contribution in [0.5, 0.6) is 0 Å². The standard InChI is InChI=1S/C10H12ClNO2/c1-7-6-8(11)2-3-9(7)10(14)12-4-5-13/h2-3,6,13H,4-5H2,1H3,(H,12,14). The number of amides is 1. The first-order valence-electron chi connectivity index (χ1n) is 4.30. The van der Waals surface area contributed by atoms with Gasteiger partial charge in [0, 0.05) is 17.1 Å². The molecule has 1 aromatic rings. The molecular formula is C10H12ClNO2. The van der Waals surface area contributed by atoms with Gasteiger partial charge in [0.15, 0.2) is 0 Å². The molecule has 0 heterocycles. The normalized spacial score (nSPS) is 9.93. The number of aryl methyl sites for hydroxylation is 1. The minimum Gasteiger partial charge on any atom is -0.395 e. The number of nitrogens with one attached hydrogen (secondary N) is 1. The van der Waals surface area contributed by atoms with Gasteiger partial charge in [-0.2, -0.15) is 0 Å². The molecule has 76 valence electrons. The Morgan fingerprint density at radius 3 is 2.86 bits per heavy atom. The first kappa shape index (κ1) is 11.0. The highest BCUT2D eigenvalue weighted by Crippen LogP contribution is 2.14. The summed E-state index contributed by atoms with van der Waals surface area (Å²) in [5.41, 5.74) is 1.41. The van der Waals surface area contributed by atoms with E-state index in [2.05, 4.69) is 5.32 Å². The number of benzene rings is 1. The number of hydrogen-bond donors (Lipinski definition) is 2. The Balaban J connectivity index is 2.80. The van der Waals surface area contributed by atoms with E-state index in [4.69, 9.17) is 16.7 Å². The Hall–Kier alpha value is -1.06. The molecule has 1 amide bonds. The van der Waals surface area contributed by atoms with E-state index in [1.807, 2.05) is 6.92 Å². The molecule has 4 heteroatoms. The quantitative estimate of drug-likeness (QED) is 0.797. The van der Waals surface area contributed by atoms with Crippen molar-refractivity contribution in [3.8, 4) is 0 Å². The van der Waals surface area contributed by atoms with Crippen molar-refractivity contribution >= 4 is 17.5 Å². The Morgan fingerprint density at radius 2 is 2.29 bits per heavy atom. The van der Waals surface area contributed by atoms with Gasteiger partial charge in [-0.25, -0.2) is 0 Å². The molecule has 3 nitrogen and oxygen atoms in total. The van der Waals surface area contributed by atoms with E-state index in [1.165, 1.54) is 0 Å². The lowest BCUT2D eigenvalue weighted by molar-refractivity contribution is 0.0944. The predicted molar refractivity (Wildman–Crippen MR) is 55.6 cm³/mol. The first-order valence-corrected chi connectivity index (χ1v) is 4.68. The monoisotopic (exact) mass is 213 g/mol. The van der Waals surface area contributed by atoms with Gasteiger partial charge < -0.3 is 10.4 Å². The minimum absolute atomic E-state index is 0.0572. The van der Waals surface area contributed by atoms with E-state index in [0.717, 1.165) is 5.56 Å². The number of rotatable bonds is 3. The average Bonchev–Trinajstić information content (AvgIpc) is 2.14. The molecule has 0 spiro atoms. The van der Waals surface area contributed by atoms with Crippen molar-refractivity contribution in [1.82, 2.24) is 5.32 Å². The highest BCUT2D eigenvalue weighted by molar-refractivity contribution is 6.30. The largest absolute Gasteiger partial charge is 0.395 e. The second kappa shape index (κ2) is 4.98. The number of carbonyl (C=O) groups excluding carboxylic acids is 1. The lowest BCUT2D eigenvalue weighted by Gasteiger charge is -2.06. The zero-order valence-electron chi connectivity index (χ0n) is 7.88. The Bertz CT molecular complexity index is 339. The number of hydrogen-bond acceptors (Lipinski definition) is 2. The van der Waals surface area contributed by atoms with Crippen LogP contribution in [0.2, 0.25) is 5.02 Å². The third-order valence-electron chi connectivity index (χ3n) is 1.83. The topological polar surface area (TPSA) is 49.3 Å². The van der Waals surface area contributed by atoms with Gasteiger partial charge >= 0.3 is 0 Å². The Labute approximate surface area is 87.7 Å². The summed E-state index contributed by atoms with van der Waals surface area (Å²) in [6.45, 7) is 2.03. The molecule has 1 aromatic carbocycles. The molecule has 0 aromatic heterocycles. The van der Waals surface area contributed by atoms with Crippen molar-refractivity contribution in [3.63, 3.8) is 0 Å². The summed E-state index contributed by atoms with van der Waals surface area (Å²) in [4.78, 5) is 11.5. The van der Waals surface area contributed by atoms with Crippen molar-refractivity contribution in [2.45, 2.75) is 6.92 Å². The maximum absolute atomic E-state index is 11.5. The molecule has 0 unspecified atom stereocenters. The second-order valence-corrected chi connectivity index (χ2v) is 3.38. The molecule has 0 aliphatic carbocycles. The van der Waals surface area contributed by atoms with Crippen molar-refractivity contribution < 1.29 is 9.90 Å². The fourth-order valence-corrected chi connectivity index (χ4v) is 1.37. The van der Waals surface area contributed by atoms with Crippen LogP contribution in [0.1, 0.15) is 15.9 Å². The summed E-state index contributed by atoms with van der Waals surface area (Å²) >= 11 is 5.75. The Morgan fingerprint density at radius 1 is 1.57 bits per heavy atom. The molecule has 0 saturated heterocycles. The molecule has 0 fully saturated rings. The van der Waals surface area contributed by atoms with E-state index in [1.54, 1.807) is 18.2 Å². The van der Waals surface area contributed by atoms with Gasteiger partial charge in [0.25, 0.3) is 5.91 Å². The van der Waals surface area contributed by atoms with Crippen LogP contribution in [0.3, 0.4) is 0 Å². The Kier molecular flexibility index (Phi) is 3.92. The lowest BCUT2D eigenvalue weighted by Crippen LogP contribution is -2.26. The molecule has 14 heavy (non-hydrogen) atoms. The summed E-state index contributed by atoms with van der Waals surface area (Å²) < 4.78 is 0. The van der Waals surface area contributed by atoms with Crippen LogP contribution < -0.4 is 5.32 Å². The van der Waals surface area contributed by atoms with Crippen molar-refractivity contribution in [3.05, 3.63) is 34.3 Å².